The Labute approximate surface area is 178 Å². The first-order valence-electron chi connectivity index (χ1n) is 8.53. The molecule has 10 heteroatoms. The minimum Gasteiger partial charge on any atom is -0.298 e. The number of carbonyl (C=O) groups excluding carboxylic acids is 1. The van der Waals surface area contributed by atoms with Crippen molar-refractivity contribution in [1.82, 2.24) is 10.3 Å². The second-order valence-electron chi connectivity index (χ2n) is 6.17. The first kappa shape index (κ1) is 19.3. The Bertz CT molecular complexity index is 1200. The highest BCUT2D eigenvalue weighted by atomic mass is 79.9. The molecule has 0 saturated carbocycles. The lowest BCUT2D eigenvalue weighted by atomic mass is 10.1. The van der Waals surface area contributed by atoms with Gasteiger partial charge in [0, 0.05) is 33.1 Å². The van der Waals surface area contributed by atoms with E-state index in [0.29, 0.717) is 32.8 Å². The molecule has 0 bridgehead atoms. The van der Waals surface area contributed by atoms with Gasteiger partial charge in [-0.05, 0) is 18.2 Å². The Kier molecular flexibility index (Phi) is 5.20. The third kappa shape index (κ3) is 3.68. The number of hydrogen-bond acceptors (Lipinski definition) is 7. The molecular weight excluding hydrogens is 458 g/mol. The van der Waals surface area contributed by atoms with Crippen LogP contribution >= 0.6 is 27.7 Å². The van der Waals surface area contributed by atoms with Crippen LogP contribution in [0.25, 0.3) is 5.70 Å². The van der Waals surface area contributed by atoms with Crippen LogP contribution < -0.4 is 15.9 Å². The number of halogens is 1. The molecule has 1 atom stereocenters. The van der Waals surface area contributed by atoms with Crippen molar-refractivity contribution >= 4 is 50.2 Å². The number of hydrogen-bond donors (Lipinski definition) is 1. The van der Waals surface area contributed by atoms with Crippen molar-refractivity contribution in [3.63, 3.8) is 0 Å². The van der Waals surface area contributed by atoms with Gasteiger partial charge >= 0.3 is 0 Å². The Morgan fingerprint density at radius 2 is 2.17 bits per heavy atom. The Balaban J connectivity index is 1.93. The molecule has 4 rings (SSSR count). The van der Waals surface area contributed by atoms with Crippen LogP contribution in [0.15, 0.2) is 69.7 Å². The number of fused-ring (bicyclic) bond motifs is 2. The molecule has 2 aliphatic heterocycles. The van der Waals surface area contributed by atoms with Crippen molar-refractivity contribution in [3.8, 4) is 0 Å². The summed E-state index contributed by atoms with van der Waals surface area (Å²) in [6, 6.07) is 11.6. The summed E-state index contributed by atoms with van der Waals surface area (Å²) in [5.74, 6) is 0.263. The number of rotatable bonds is 4. The summed E-state index contributed by atoms with van der Waals surface area (Å²) in [4.78, 5) is 28.5. The zero-order valence-corrected chi connectivity index (χ0v) is 17.3. The molecule has 1 N–H and O–H groups in total. The lowest BCUT2D eigenvalue weighted by Crippen LogP contribution is -2.50. The molecule has 0 saturated heterocycles. The summed E-state index contributed by atoms with van der Waals surface area (Å²) in [6.07, 6.45) is 1.01. The number of non-ortho nitro benzene ring substituents is 1. The largest absolute Gasteiger partial charge is 0.298 e. The highest BCUT2D eigenvalue weighted by molar-refractivity contribution is 9.10. The number of nitro groups is 1. The van der Waals surface area contributed by atoms with Gasteiger partial charge in [-0.2, -0.15) is 0 Å². The van der Waals surface area contributed by atoms with Gasteiger partial charge in [-0.15, -0.1) is 11.7 Å². The van der Waals surface area contributed by atoms with Crippen molar-refractivity contribution in [2.75, 3.05) is 5.75 Å². The van der Waals surface area contributed by atoms with Crippen molar-refractivity contribution in [1.29, 1.82) is 0 Å². The topological polar surface area (TPSA) is 100 Å². The van der Waals surface area contributed by atoms with Crippen LogP contribution in [0.2, 0.25) is 0 Å². The summed E-state index contributed by atoms with van der Waals surface area (Å²) < 4.78 is 0.802. The maximum Gasteiger partial charge on any atom is 0.276 e. The minimum atomic E-state index is -0.705. The molecule has 0 spiro atoms. The maximum absolute atomic E-state index is 13.0. The summed E-state index contributed by atoms with van der Waals surface area (Å²) >= 11 is 4.76. The van der Waals surface area contributed by atoms with Crippen LogP contribution in [0.3, 0.4) is 0 Å². The number of nitro benzene ring substituents is 1. The van der Waals surface area contributed by atoms with E-state index < -0.39 is 11.1 Å². The van der Waals surface area contributed by atoms with E-state index in [1.165, 1.54) is 28.9 Å². The van der Waals surface area contributed by atoms with Gasteiger partial charge in [0.1, 0.15) is 5.70 Å². The van der Waals surface area contributed by atoms with Crippen molar-refractivity contribution in [2.45, 2.75) is 6.17 Å². The fourth-order valence-electron chi connectivity index (χ4n) is 3.07. The molecule has 29 heavy (non-hydrogen) atoms. The lowest BCUT2D eigenvalue weighted by Gasteiger charge is -2.34. The number of nitrogens with zero attached hydrogens (tertiary/aromatic N) is 4. The number of benzene rings is 2. The quantitative estimate of drug-likeness (QED) is 0.419. The standard InChI is InChI=1S/C19H14BrN5O3S/c1-2-8-29-19-22-18(26)16-14-10-12(20)6-7-15(14)21-17(24(16)23-19)11-4-3-5-13(9-11)25(27)28/h2-7,9-10,17H,1,8H2,(H,22,23,26). The van der Waals surface area contributed by atoms with Gasteiger partial charge in [-0.3, -0.25) is 25.2 Å². The summed E-state index contributed by atoms with van der Waals surface area (Å²) in [5.41, 5.74) is 0.861. The zero-order chi connectivity index (χ0) is 20.5. The van der Waals surface area contributed by atoms with Gasteiger partial charge in [0.15, 0.2) is 11.3 Å². The van der Waals surface area contributed by atoms with Gasteiger partial charge in [0.2, 0.25) is 0 Å². The van der Waals surface area contributed by atoms with Crippen molar-refractivity contribution < 1.29 is 9.72 Å². The smallest absolute Gasteiger partial charge is 0.276 e. The molecule has 2 aromatic rings. The third-order valence-corrected chi connectivity index (χ3v) is 5.64. The van der Waals surface area contributed by atoms with Crippen LogP contribution in [-0.2, 0) is 4.79 Å². The van der Waals surface area contributed by atoms with E-state index in [9.17, 15) is 14.9 Å². The predicted octanol–water partition coefficient (Wildman–Crippen LogP) is 2.42. The first-order valence-corrected chi connectivity index (χ1v) is 10.3. The monoisotopic (exact) mass is 471 g/mol. The minimum absolute atomic E-state index is 0.0486. The highest BCUT2D eigenvalue weighted by Crippen LogP contribution is 2.32. The number of nitrogens with one attached hydrogen (secondary N) is 1. The number of amides is 1. The molecule has 1 unspecified atom stereocenters. The van der Waals surface area contributed by atoms with E-state index in [-0.39, 0.29) is 11.6 Å². The van der Waals surface area contributed by atoms with Crippen LogP contribution in [0.1, 0.15) is 11.7 Å². The predicted molar refractivity (Wildman–Crippen MR) is 114 cm³/mol. The number of thioether (sulfide) groups is 1. The van der Waals surface area contributed by atoms with Crippen LogP contribution in [0.5, 0.6) is 0 Å². The molecule has 1 amide bonds. The van der Waals surface area contributed by atoms with E-state index >= 15 is 0 Å². The molecule has 2 heterocycles. The van der Waals surface area contributed by atoms with Gasteiger partial charge in [-0.1, -0.05) is 45.9 Å². The van der Waals surface area contributed by atoms with E-state index in [1.807, 2.05) is 12.1 Å². The normalized spacial score (nSPS) is 17.5. The van der Waals surface area contributed by atoms with E-state index in [4.69, 9.17) is 4.99 Å². The first-order chi connectivity index (χ1) is 14.0. The van der Waals surface area contributed by atoms with Crippen molar-refractivity contribution in [2.24, 2.45) is 10.1 Å². The van der Waals surface area contributed by atoms with Gasteiger partial charge in [0.05, 0.1) is 10.3 Å². The molecule has 2 aromatic carbocycles. The fourth-order valence-corrected chi connectivity index (χ4v) is 4.02. The molecule has 2 aliphatic rings. The second-order valence-corrected chi connectivity index (χ2v) is 8.09. The van der Waals surface area contributed by atoms with Crippen molar-refractivity contribution in [3.05, 3.63) is 85.8 Å². The maximum atomic E-state index is 13.0. The van der Waals surface area contributed by atoms with Crippen LogP contribution in [0.4, 0.5) is 5.69 Å². The second kappa shape index (κ2) is 7.80. The number of amidine groups is 1. The van der Waals surface area contributed by atoms with Crippen LogP contribution in [0, 0.1) is 10.1 Å². The molecule has 0 aliphatic carbocycles. The van der Waals surface area contributed by atoms with E-state index in [0.717, 1.165) is 4.47 Å². The van der Waals surface area contributed by atoms with Crippen LogP contribution in [-0.4, -0.2) is 26.8 Å². The molecular formula is C19H14BrN5O3S. The van der Waals surface area contributed by atoms with Gasteiger partial charge in [-0.25, -0.2) is 5.01 Å². The molecule has 0 aromatic heterocycles. The molecule has 8 nitrogen and oxygen atoms in total. The Morgan fingerprint density at radius 3 is 2.93 bits per heavy atom. The summed E-state index contributed by atoms with van der Waals surface area (Å²) in [6.45, 7) is 3.68. The molecule has 0 fully saturated rings. The average Bonchev–Trinajstić information content (AvgIpc) is 2.71. The fraction of sp³-hybridized carbons (Fsp3) is 0.105. The average molecular weight is 472 g/mol. The van der Waals surface area contributed by atoms with Gasteiger partial charge < -0.3 is 0 Å². The Hall–Kier alpha value is -2.98. The lowest BCUT2D eigenvalue weighted by molar-refractivity contribution is -0.384. The van der Waals surface area contributed by atoms with Gasteiger partial charge in [0.25, 0.3) is 11.6 Å². The van der Waals surface area contributed by atoms with E-state index in [2.05, 4.69) is 32.9 Å². The zero-order valence-electron chi connectivity index (χ0n) is 14.9. The summed E-state index contributed by atoms with van der Waals surface area (Å²) in [7, 11) is 0. The Morgan fingerprint density at radius 1 is 1.34 bits per heavy atom. The summed E-state index contributed by atoms with van der Waals surface area (Å²) in [5, 5.41) is 21.8. The molecule has 146 valence electrons. The van der Waals surface area contributed by atoms with E-state index in [1.54, 1.807) is 24.3 Å². The highest BCUT2D eigenvalue weighted by Gasteiger charge is 2.34. The molecule has 0 radical (unpaired) electrons. The number of hydrazone groups is 1. The third-order valence-electron chi connectivity index (χ3n) is 4.29. The number of carbonyl (C=O) groups is 1. The SMILES string of the molecule is C=CCSC1=NN2C(=c3cc(Br)ccc3=NC2c2cccc([N+](=O)[O-])c2)C(=O)N1.